The van der Waals surface area contributed by atoms with Gasteiger partial charge in [-0.3, -0.25) is 9.59 Å². The van der Waals surface area contributed by atoms with E-state index in [0.717, 1.165) is 0 Å². The van der Waals surface area contributed by atoms with Crippen LogP contribution in [-0.4, -0.2) is 57.3 Å². The molecule has 0 fully saturated rings. The van der Waals surface area contributed by atoms with E-state index in [1.807, 2.05) is 0 Å². The molecule has 1 rings (SSSR count). The van der Waals surface area contributed by atoms with Crippen LogP contribution in [0.1, 0.15) is 26.3 Å². The molecule has 0 aliphatic heterocycles. The van der Waals surface area contributed by atoms with Gasteiger partial charge < -0.3 is 31.7 Å². The molecule has 0 aliphatic carbocycles. The number of aliphatic carboxylic acids is 1. The molecule has 4 atom stereocenters. The number of aliphatic hydroxyl groups is 1. The van der Waals surface area contributed by atoms with E-state index < -0.39 is 42.0 Å². The van der Waals surface area contributed by atoms with Crippen molar-refractivity contribution in [2.75, 3.05) is 0 Å². The fourth-order valence-corrected chi connectivity index (χ4v) is 2.33. The first kappa shape index (κ1) is 22.4. The van der Waals surface area contributed by atoms with Gasteiger partial charge in [0.2, 0.25) is 11.8 Å². The lowest BCUT2D eigenvalue weighted by Gasteiger charge is -2.25. The second-order valence-electron chi connectivity index (χ2n) is 6.77. The Morgan fingerprint density at radius 1 is 1.04 bits per heavy atom. The van der Waals surface area contributed by atoms with E-state index in [0.29, 0.717) is 5.56 Å². The molecule has 1 aromatic rings. The van der Waals surface area contributed by atoms with E-state index in [1.54, 1.807) is 26.0 Å². The Labute approximate surface area is 157 Å². The van der Waals surface area contributed by atoms with E-state index in [4.69, 9.17) is 5.73 Å². The van der Waals surface area contributed by atoms with Gasteiger partial charge in [0.05, 0.1) is 6.10 Å². The highest BCUT2D eigenvalue weighted by molar-refractivity contribution is 5.92. The van der Waals surface area contributed by atoms with Crippen molar-refractivity contribution >= 4 is 17.8 Å². The maximum absolute atomic E-state index is 12.6. The second kappa shape index (κ2) is 9.89. The van der Waals surface area contributed by atoms with Crippen molar-refractivity contribution in [2.45, 2.75) is 51.4 Å². The van der Waals surface area contributed by atoms with Gasteiger partial charge in [-0.1, -0.05) is 26.0 Å². The molecule has 7 N–H and O–H groups in total. The first-order chi connectivity index (χ1) is 12.5. The minimum atomic E-state index is -1.24. The smallest absolute Gasteiger partial charge is 0.326 e. The quantitative estimate of drug-likeness (QED) is 0.331. The number of benzene rings is 1. The summed E-state index contributed by atoms with van der Waals surface area (Å²) >= 11 is 0. The van der Waals surface area contributed by atoms with Gasteiger partial charge in [0.15, 0.2) is 0 Å². The number of hydrogen-bond acceptors (Lipinski definition) is 6. The lowest BCUT2D eigenvalue weighted by Crippen LogP contribution is -2.57. The highest BCUT2D eigenvalue weighted by Crippen LogP contribution is 2.12. The summed E-state index contributed by atoms with van der Waals surface area (Å²) in [6.07, 6.45) is -1.07. The van der Waals surface area contributed by atoms with Crippen LogP contribution in [0.5, 0.6) is 5.75 Å². The van der Waals surface area contributed by atoms with Crippen molar-refractivity contribution in [3.63, 3.8) is 0 Å². The number of carbonyl (C=O) groups excluding carboxylic acids is 2. The van der Waals surface area contributed by atoms with E-state index >= 15 is 0 Å². The van der Waals surface area contributed by atoms with Crippen LogP contribution < -0.4 is 16.4 Å². The highest BCUT2D eigenvalue weighted by atomic mass is 16.4. The fraction of sp³-hybridized carbons (Fsp3) is 0.500. The summed E-state index contributed by atoms with van der Waals surface area (Å²) in [5.74, 6) is -2.92. The third kappa shape index (κ3) is 6.87. The van der Waals surface area contributed by atoms with Crippen LogP contribution in [-0.2, 0) is 20.8 Å². The molecular formula is C18H27N3O6. The summed E-state index contributed by atoms with van der Waals surface area (Å²) in [5, 5.41) is 32.9. The van der Waals surface area contributed by atoms with Crippen LogP contribution in [0.2, 0.25) is 0 Å². The van der Waals surface area contributed by atoms with E-state index in [2.05, 4.69) is 10.6 Å². The van der Waals surface area contributed by atoms with Crippen molar-refractivity contribution < 1.29 is 29.7 Å². The Morgan fingerprint density at radius 3 is 2.04 bits per heavy atom. The van der Waals surface area contributed by atoms with Gasteiger partial charge in [0.1, 0.15) is 23.9 Å². The van der Waals surface area contributed by atoms with E-state index in [1.165, 1.54) is 19.1 Å². The zero-order valence-corrected chi connectivity index (χ0v) is 15.5. The molecular weight excluding hydrogens is 354 g/mol. The molecule has 0 radical (unpaired) electrons. The molecule has 0 bridgehead atoms. The van der Waals surface area contributed by atoms with Gasteiger partial charge in [0.25, 0.3) is 0 Å². The fourth-order valence-electron chi connectivity index (χ4n) is 2.33. The Bertz CT molecular complexity index is 660. The van der Waals surface area contributed by atoms with Gasteiger partial charge in [-0.25, -0.2) is 4.79 Å². The van der Waals surface area contributed by atoms with Gasteiger partial charge in [-0.05, 0) is 30.5 Å². The van der Waals surface area contributed by atoms with Gasteiger partial charge >= 0.3 is 5.97 Å². The molecule has 2 amide bonds. The summed E-state index contributed by atoms with van der Waals surface area (Å²) in [4.78, 5) is 36.1. The third-order valence-corrected chi connectivity index (χ3v) is 4.06. The first-order valence-corrected chi connectivity index (χ1v) is 8.58. The molecule has 150 valence electrons. The molecule has 0 saturated heterocycles. The molecule has 0 aromatic heterocycles. The monoisotopic (exact) mass is 381 g/mol. The maximum Gasteiger partial charge on any atom is 0.326 e. The van der Waals surface area contributed by atoms with E-state index in [-0.39, 0.29) is 18.1 Å². The predicted molar refractivity (Wildman–Crippen MR) is 97.8 cm³/mol. The van der Waals surface area contributed by atoms with Gasteiger partial charge in [-0.15, -0.1) is 0 Å². The number of carbonyl (C=O) groups is 3. The predicted octanol–water partition coefficient (Wildman–Crippen LogP) is -0.647. The van der Waals surface area contributed by atoms with Crippen LogP contribution in [0.25, 0.3) is 0 Å². The Balaban J connectivity index is 3.00. The number of carboxylic acids is 1. The van der Waals surface area contributed by atoms with Crippen molar-refractivity contribution in [1.29, 1.82) is 0 Å². The Kier molecular flexibility index (Phi) is 8.20. The molecule has 0 saturated carbocycles. The Morgan fingerprint density at radius 2 is 1.59 bits per heavy atom. The summed E-state index contributed by atoms with van der Waals surface area (Å²) < 4.78 is 0. The van der Waals surface area contributed by atoms with Crippen LogP contribution in [0, 0.1) is 5.92 Å². The number of hydrogen-bond donors (Lipinski definition) is 6. The van der Waals surface area contributed by atoms with Crippen molar-refractivity contribution in [3.8, 4) is 5.75 Å². The molecule has 4 unspecified atom stereocenters. The molecule has 27 heavy (non-hydrogen) atoms. The zero-order chi connectivity index (χ0) is 20.7. The SMILES string of the molecule is CC(C)C(NC(=O)C(Cc1ccc(O)cc1)NC(=O)C(N)C(C)O)C(=O)O. The summed E-state index contributed by atoms with van der Waals surface area (Å²) in [6.45, 7) is 4.64. The average Bonchev–Trinajstić information content (AvgIpc) is 2.59. The molecule has 9 heteroatoms. The van der Waals surface area contributed by atoms with Crippen molar-refractivity contribution in [2.24, 2.45) is 11.7 Å². The molecule has 1 aromatic carbocycles. The molecule has 9 nitrogen and oxygen atoms in total. The molecule has 0 heterocycles. The van der Waals surface area contributed by atoms with Gasteiger partial charge in [-0.2, -0.15) is 0 Å². The number of nitrogens with two attached hydrogens (primary N) is 1. The minimum Gasteiger partial charge on any atom is -0.508 e. The number of carboxylic acid groups (broad SMARTS) is 1. The normalized spacial score (nSPS) is 15.5. The van der Waals surface area contributed by atoms with Crippen LogP contribution in [0.15, 0.2) is 24.3 Å². The van der Waals surface area contributed by atoms with Crippen LogP contribution in [0.4, 0.5) is 0 Å². The lowest BCUT2D eigenvalue weighted by atomic mass is 10.0. The topological polar surface area (TPSA) is 162 Å². The Hall–Kier alpha value is -2.65. The number of phenolic OH excluding ortho intramolecular Hbond substituents is 1. The van der Waals surface area contributed by atoms with Gasteiger partial charge in [0, 0.05) is 6.42 Å². The van der Waals surface area contributed by atoms with Crippen LogP contribution >= 0.6 is 0 Å². The number of phenols is 1. The van der Waals surface area contributed by atoms with Crippen molar-refractivity contribution in [1.82, 2.24) is 10.6 Å². The third-order valence-electron chi connectivity index (χ3n) is 4.06. The summed E-state index contributed by atoms with van der Waals surface area (Å²) in [6, 6.07) is 2.56. The zero-order valence-electron chi connectivity index (χ0n) is 15.5. The number of aromatic hydroxyl groups is 1. The molecule has 0 aliphatic rings. The maximum atomic E-state index is 12.6. The highest BCUT2D eigenvalue weighted by Gasteiger charge is 2.30. The second-order valence-corrected chi connectivity index (χ2v) is 6.77. The van der Waals surface area contributed by atoms with Crippen molar-refractivity contribution in [3.05, 3.63) is 29.8 Å². The first-order valence-electron chi connectivity index (χ1n) is 8.58. The van der Waals surface area contributed by atoms with Crippen LogP contribution in [0.3, 0.4) is 0 Å². The lowest BCUT2D eigenvalue weighted by molar-refractivity contribution is -0.143. The number of aliphatic hydroxyl groups excluding tert-OH is 1. The molecule has 0 spiro atoms. The standard InChI is InChI=1S/C18H27N3O6/c1-9(2)15(18(26)27)21-16(24)13(20-17(25)14(19)10(3)22)8-11-4-6-12(23)7-5-11/h4-7,9-10,13-15,22-23H,8,19H2,1-3H3,(H,20,25)(H,21,24)(H,26,27). The number of rotatable bonds is 9. The number of amides is 2. The summed E-state index contributed by atoms with van der Waals surface area (Å²) in [7, 11) is 0. The average molecular weight is 381 g/mol. The van der Waals surface area contributed by atoms with E-state index in [9.17, 15) is 29.7 Å². The summed E-state index contributed by atoms with van der Waals surface area (Å²) in [5.41, 5.74) is 6.23. The largest absolute Gasteiger partial charge is 0.508 e. The number of nitrogens with one attached hydrogen (secondary N) is 2. The minimum absolute atomic E-state index is 0.0469.